The molecule has 98 valence electrons. The predicted octanol–water partition coefficient (Wildman–Crippen LogP) is 1.54. The van der Waals surface area contributed by atoms with Crippen LogP contribution < -0.4 is 0 Å². The van der Waals surface area contributed by atoms with Gasteiger partial charge in [-0.2, -0.15) is 0 Å². The number of hydrogen-bond acceptors (Lipinski definition) is 6. The molecule has 0 heterocycles. The van der Waals surface area contributed by atoms with E-state index in [4.69, 9.17) is 9.47 Å². The molecule has 0 aromatic heterocycles. The van der Waals surface area contributed by atoms with Crippen LogP contribution in [0.3, 0.4) is 0 Å². The van der Waals surface area contributed by atoms with Crippen LogP contribution in [0.5, 0.6) is 0 Å². The zero-order chi connectivity index (χ0) is 13.3. The van der Waals surface area contributed by atoms with E-state index in [9.17, 15) is 14.4 Å². The fourth-order valence-electron chi connectivity index (χ4n) is 1.14. The average Bonchev–Trinajstić information content (AvgIpc) is 2.24. The Morgan fingerprint density at radius 1 is 1.12 bits per heavy atom. The topological polar surface area (TPSA) is 69.7 Å². The van der Waals surface area contributed by atoms with Crippen molar-refractivity contribution in [2.75, 3.05) is 13.2 Å². The van der Waals surface area contributed by atoms with Crippen LogP contribution in [0, 0.1) is 0 Å². The highest BCUT2D eigenvalue weighted by Gasteiger charge is 2.23. The Balaban J connectivity index is 4.23. The highest BCUT2D eigenvalue weighted by atomic mass is 32.2. The summed E-state index contributed by atoms with van der Waals surface area (Å²) in [7, 11) is 0. The minimum Gasteiger partial charge on any atom is -0.466 e. The van der Waals surface area contributed by atoms with Gasteiger partial charge in [-0.3, -0.25) is 14.4 Å². The van der Waals surface area contributed by atoms with Crippen LogP contribution >= 0.6 is 11.8 Å². The van der Waals surface area contributed by atoms with Crippen LogP contribution in [-0.4, -0.2) is 35.5 Å². The van der Waals surface area contributed by atoms with Crippen LogP contribution in [0.4, 0.5) is 0 Å². The van der Waals surface area contributed by atoms with Crippen molar-refractivity contribution < 1.29 is 23.9 Å². The summed E-state index contributed by atoms with van der Waals surface area (Å²) in [6.07, 6.45) is 0.361. The Morgan fingerprint density at radius 3 is 2.18 bits per heavy atom. The zero-order valence-corrected chi connectivity index (χ0v) is 11.2. The monoisotopic (exact) mass is 262 g/mol. The largest absolute Gasteiger partial charge is 0.466 e. The molecule has 0 amide bonds. The first-order valence-electron chi connectivity index (χ1n) is 5.50. The van der Waals surface area contributed by atoms with Crippen molar-refractivity contribution in [2.24, 2.45) is 0 Å². The van der Waals surface area contributed by atoms with Gasteiger partial charge in [0.1, 0.15) is 5.25 Å². The van der Waals surface area contributed by atoms with E-state index < -0.39 is 11.2 Å². The number of carbonyl (C=O) groups is 3. The summed E-state index contributed by atoms with van der Waals surface area (Å²) in [5.74, 6) is -0.831. The molecular weight excluding hydrogens is 244 g/mol. The van der Waals surface area contributed by atoms with Gasteiger partial charge >= 0.3 is 11.9 Å². The van der Waals surface area contributed by atoms with Crippen LogP contribution in [0.15, 0.2) is 0 Å². The lowest BCUT2D eigenvalue weighted by molar-refractivity contribution is -0.144. The molecule has 1 atom stereocenters. The molecule has 0 bridgehead atoms. The van der Waals surface area contributed by atoms with E-state index in [-0.39, 0.29) is 30.5 Å². The minimum atomic E-state index is -0.628. The Morgan fingerprint density at radius 2 is 1.71 bits per heavy atom. The molecule has 1 unspecified atom stereocenters. The van der Waals surface area contributed by atoms with Crippen molar-refractivity contribution in [3.05, 3.63) is 0 Å². The minimum absolute atomic E-state index is 0.109. The Kier molecular flexibility index (Phi) is 8.49. The first-order valence-corrected chi connectivity index (χ1v) is 6.38. The fourth-order valence-corrected chi connectivity index (χ4v) is 1.94. The fraction of sp³-hybridized carbons (Fsp3) is 0.727. The van der Waals surface area contributed by atoms with Crippen molar-refractivity contribution in [1.29, 1.82) is 0 Å². The summed E-state index contributed by atoms with van der Waals surface area (Å²) in [6.45, 7) is 5.35. The van der Waals surface area contributed by atoms with Gasteiger partial charge in [-0.25, -0.2) is 0 Å². The molecule has 0 radical (unpaired) electrons. The van der Waals surface area contributed by atoms with E-state index in [0.29, 0.717) is 6.61 Å². The van der Waals surface area contributed by atoms with Crippen molar-refractivity contribution in [3.8, 4) is 0 Å². The maximum atomic E-state index is 11.5. The van der Waals surface area contributed by atoms with Crippen LogP contribution in [0.2, 0.25) is 0 Å². The number of rotatable bonds is 7. The molecule has 5 nitrogen and oxygen atoms in total. The SMILES string of the molecule is CCOC(=O)CCC(SC(C)=O)C(=O)OCC. The second kappa shape index (κ2) is 9.04. The maximum Gasteiger partial charge on any atom is 0.319 e. The van der Waals surface area contributed by atoms with E-state index >= 15 is 0 Å². The number of carbonyl (C=O) groups excluding carboxylic acids is 3. The summed E-state index contributed by atoms with van der Waals surface area (Å²) >= 11 is 0.886. The molecule has 0 aromatic carbocycles. The van der Waals surface area contributed by atoms with Crippen molar-refractivity contribution >= 4 is 28.8 Å². The maximum absolute atomic E-state index is 11.5. The van der Waals surface area contributed by atoms with Crippen molar-refractivity contribution in [3.63, 3.8) is 0 Å². The van der Waals surface area contributed by atoms with Gasteiger partial charge in [0.25, 0.3) is 0 Å². The molecule has 0 aliphatic heterocycles. The lowest BCUT2D eigenvalue weighted by Crippen LogP contribution is -2.23. The van der Waals surface area contributed by atoms with Gasteiger partial charge in [0.2, 0.25) is 0 Å². The summed E-state index contributed by atoms with van der Waals surface area (Å²) in [5.41, 5.74) is 0. The molecule has 0 aliphatic carbocycles. The third-order valence-corrected chi connectivity index (χ3v) is 2.82. The van der Waals surface area contributed by atoms with Crippen LogP contribution in [0.1, 0.15) is 33.6 Å². The van der Waals surface area contributed by atoms with Crippen molar-refractivity contribution in [2.45, 2.75) is 38.9 Å². The number of ether oxygens (including phenoxy) is 2. The van der Waals surface area contributed by atoms with Gasteiger partial charge in [-0.15, -0.1) is 0 Å². The van der Waals surface area contributed by atoms with Gasteiger partial charge in [0.15, 0.2) is 5.12 Å². The van der Waals surface area contributed by atoms with E-state index in [1.807, 2.05) is 0 Å². The van der Waals surface area contributed by atoms with E-state index in [1.54, 1.807) is 13.8 Å². The summed E-state index contributed by atoms with van der Waals surface area (Å²) in [4.78, 5) is 33.6. The third kappa shape index (κ3) is 7.79. The second-order valence-corrected chi connectivity index (χ2v) is 4.57. The standard InChI is InChI=1S/C11H18O5S/c1-4-15-10(13)7-6-9(17-8(3)12)11(14)16-5-2/h9H,4-7H2,1-3H3. The van der Waals surface area contributed by atoms with Gasteiger partial charge < -0.3 is 9.47 Å². The van der Waals surface area contributed by atoms with E-state index in [1.165, 1.54) is 6.92 Å². The summed E-state index contributed by atoms with van der Waals surface area (Å²) in [5, 5.41) is -0.802. The molecule has 17 heavy (non-hydrogen) atoms. The average molecular weight is 262 g/mol. The second-order valence-electron chi connectivity index (χ2n) is 3.19. The van der Waals surface area contributed by atoms with Crippen molar-refractivity contribution in [1.82, 2.24) is 0 Å². The molecule has 0 aromatic rings. The molecule has 0 N–H and O–H groups in total. The van der Waals surface area contributed by atoms with Gasteiger partial charge in [0, 0.05) is 13.3 Å². The van der Waals surface area contributed by atoms with Crippen LogP contribution in [0.25, 0.3) is 0 Å². The first kappa shape index (κ1) is 16.0. The lowest BCUT2D eigenvalue weighted by atomic mass is 10.2. The predicted molar refractivity (Wildman–Crippen MR) is 64.6 cm³/mol. The number of thioether (sulfide) groups is 1. The van der Waals surface area contributed by atoms with Gasteiger partial charge in [-0.05, 0) is 20.3 Å². The van der Waals surface area contributed by atoms with Crippen LogP contribution in [-0.2, 0) is 23.9 Å². The van der Waals surface area contributed by atoms with Gasteiger partial charge in [-0.1, -0.05) is 11.8 Å². The zero-order valence-electron chi connectivity index (χ0n) is 10.4. The van der Waals surface area contributed by atoms with Gasteiger partial charge in [0.05, 0.1) is 13.2 Å². The number of hydrogen-bond donors (Lipinski definition) is 0. The molecule has 0 fully saturated rings. The third-order valence-electron chi connectivity index (χ3n) is 1.77. The van der Waals surface area contributed by atoms with E-state index in [0.717, 1.165) is 11.8 Å². The van der Waals surface area contributed by atoms with E-state index in [2.05, 4.69) is 0 Å². The lowest BCUT2D eigenvalue weighted by Gasteiger charge is -2.12. The smallest absolute Gasteiger partial charge is 0.319 e. The Hall–Kier alpha value is -1.04. The number of esters is 2. The summed E-state index contributed by atoms with van der Waals surface area (Å²) < 4.78 is 9.58. The molecule has 0 saturated heterocycles. The molecule has 6 heteroatoms. The Labute approximate surface area is 105 Å². The quantitative estimate of drug-likeness (QED) is 0.648. The molecule has 0 aliphatic rings. The highest BCUT2D eigenvalue weighted by molar-refractivity contribution is 8.14. The molecular formula is C11H18O5S. The highest BCUT2D eigenvalue weighted by Crippen LogP contribution is 2.19. The molecule has 0 rings (SSSR count). The Bertz CT molecular complexity index is 277. The molecule has 0 spiro atoms. The summed E-state index contributed by atoms with van der Waals surface area (Å²) in [6, 6.07) is 0. The molecule has 0 saturated carbocycles. The normalized spacial score (nSPS) is 11.7. The first-order chi connectivity index (χ1) is 8.01.